The first-order chi connectivity index (χ1) is 12.5. The lowest BCUT2D eigenvalue weighted by Gasteiger charge is -2.33. The molecule has 3 rings (SSSR count). The fourth-order valence-electron chi connectivity index (χ4n) is 3.79. The maximum Gasteiger partial charge on any atom is 0.228 e. The van der Waals surface area contributed by atoms with Crippen LogP contribution in [0.2, 0.25) is 0 Å². The van der Waals surface area contributed by atoms with Crippen molar-refractivity contribution < 1.29 is 19.1 Å². The molecule has 0 bridgehead atoms. The van der Waals surface area contributed by atoms with Crippen LogP contribution in [0.1, 0.15) is 49.7 Å². The number of aryl methyl sites for hydroxylation is 1. The summed E-state index contributed by atoms with van der Waals surface area (Å²) >= 11 is 0. The number of amides is 2. The summed E-state index contributed by atoms with van der Waals surface area (Å²) in [5.41, 5.74) is 1.66. The molecule has 0 spiro atoms. The number of benzene rings is 1. The third-order valence-electron chi connectivity index (χ3n) is 5.53. The Hall–Kier alpha value is -1.95. The predicted octanol–water partition coefficient (Wildman–Crippen LogP) is 2.51. The molecule has 1 heterocycles. The maximum atomic E-state index is 14.7. The van der Waals surface area contributed by atoms with E-state index in [9.17, 15) is 14.0 Å². The number of halogens is 1. The molecule has 2 aliphatic rings. The van der Waals surface area contributed by atoms with Crippen LogP contribution in [0.4, 0.5) is 10.1 Å². The molecular formula is C20H27FN2O3. The highest BCUT2D eigenvalue weighted by atomic mass is 19.1. The van der Waals surface area contributed by atoms with Gasteiger partial charge in [-0.25, -0.2) is 4.39 Å². The average molecular weight is 362 g/mol. The van der Waals surface area contributed by atoms with Gasteiger partial charge in [-0.2, -0.15) is 0 Å². The lowest BCUT2D eigenvalue weighted by Crippen LogP contribution is -2.42. The molecule has 3 N–H and O–H groups in total. The van der Waals surface area contributed by atoms with Gasteiger partial charge in [-0.1, -0.05) is 12.1 Å². The van der Waals surface area contributed by atoms with E-state index in [1.807, 2.05) is 18.2 Å². The number of hydrogen-bond acceptors (Lipinski definition) is 3. The van der Waals surface area contributed by atoms with Crippen molar-refractivity contribution in [3.05, 3.63) is 29.3 Å². The monoisotopic (exact) mass is 362 g/mol. The number of aliphatic hydroxyl groups is 1. The predicted molar refractivity (Wildman–Crippen MR) is 97.6 cm³/mol. The molecule has 6 heteroatoms. The van der Waals surface area contributed by atoms with Gasteiger partial charge in [0.1, 0.15) is 5.67 Å². The number of carbonyl (C=O) groups is 2. The van der Waals surface area contributed by atoms with Gasteiger partial charge in [0.05, 0.1) is 13.0 Å². The maximum absolute atomic E-state index is 14.7. The lowest BCUT2D eigenvalue weighted by atomic mass is 9.80. The third kappa shape index (κ3) is 4.81. The van der Waals surface area contributed by atoms with Crippen LogP contribution < -0.4 is 10.6 Å². The summed E-state index contributed by atoms with van der Waals surface area (Å²) < 4.78 is 14.7. The molecule has 1 aliphatic carbocycles. The molecule has 0 unspecified atom stereocenters. The van der Waals surface area contributed by atoms with Gasteiger partial charge >= 0.3 is 0 Å². The second-order valence-electron chi connectivity index (χ2n) is 7.62. The van der Waals surface area contributed by atoms with Crippen molar-refractivity contribution in [1.82, 2.24) is 5.32 Å². The molecule has 0 radical (unpaired) electrons. The fourth-order valence-corrected chi connectivity index (χ4v) is 3.79. The topological polar surface area (TPSA) is 78.4 Å². The van der Waals surface area contributed by atoms with Crippen LogP contribution in [0, 0.1) is 5.92 Å². The Morgan fingerprint density at radius 3 is 2.85 bits per heavy atom. The highest BCUT2D eigenvalue weighted by Crippen LogP contribution is 2.34. The average Bonchev–Trinajstić information content (AvgIpc) is 3.00. The van der Waals surface area contributed by atoms with Crippen molar-refractivity contribution in [3.63, 3.8) is 0 Å². The van der Waals surface area contributed by atoms with E-state index in [0.717, 1.165) is 23.2 Å². The summed E-state index contributed by atoms with van der Waals surface area (Å²) in [7, 11) is 0. The quantitative estimate of drug-likeness (QED) is 0.697. The molecule has 0 saturated heterocycles. The van der Waals surface area contributed by atoms with E-state index >= 15 is 0 Å². The summed E-state index contributed by atoms with van der Waals surface area (Å²) in [6, 6.07) is 5.89. The Morgan fingerprint density at radius 2 is 2.12 bits per heavy atom. The Labute approximate surface area is 153 Å². The first-order valence-corrected chi connectivity index (χ1v) is 9.45. The van der Waals surface area contributed by atoms with Crippen molar-refractivity contribution in [3.8, 4) is 0 Å². The highest BCUT2D eigenvalue weighted by Gasteiger charge is 2.35. The molecule has 26 heavy (non-hydrogen) atoms. The van der Waals surface area contributed by atoms with Crippen molar-refractivity contribution in [2.75, 3.05) is 18.5 Å². The van der Waals surface area contributed by atoms with Crippen LogP contribution in [0.15, 0.2) is 18.2 Å². The van der Waals surface area contributed by atoms with Crippen LogP contribution in [-0.4, -0.2) is 35.7 Å². The Morgan fingerprint density at radius 1 is 1.35 bits per heavy atom. The zero-order valence-corrected chi connectivity index (χ0v) is 15.0. The van der Waals surface area contributed by atoms with Crippen LogP contribution in [0.25, 0.3) is 0 Å². The number of rotatable bonds is 7. The first-order valence-electron chi connectivity index (χ1n) is 9.45. The second kappa shape index (κ2) is 8.16. The lowest BCUT2D eigenvalue weighted by molar-refractivity contribution is -0.122. The molecule has 0 atom stereocenters. The van der Waals surface area contributed by atoms with Gasteiger partial charge in [0, 0.05) is 18.7 Å². The number of fused-ring (bicyclic) bond motifs is 1. The molecule has 2 amide bonds. The minimum Gasteiger partial charge on any atom is -0.396 e. The van der Waals surface area contributed by atoms with E-state index in [-0.39, 0.29) is 30.9 Å². The molecule has 1 saturated carbocycles. The van der Waals surface area contributed by atoms with Gasteiger partial charge < -0.3 is 15.7 Å². The Bertz CT molecular complexity index is 669. The van der Waals surface area contributed by atoms with Crippen molar-refractivity contribution >= 4 is 17.5 Å². The van der Waals surface area contributed by atoms with Crippen molar-refractivity contribution in [2.24, 2.45) is 5.92 Å². The van der Waals surface area contributed by atoms with Crippen LogP contribution in [0.5, 0.6) is 0 Å². The van der Waals surface area contributed by atoms with E-state index in [1.165, 1.54) is 0 Å². The second-order valence-corrected chi connectivity index (χ2v) is 7.62. The summed E-state index contributed by atoms with van der Waals surface area (Å²) in [5, 5.41) is 14.7. The molecule has 142 valence electrons. The van der Waals surface area contributed by atoms with E-state index in [4.69, 9.17) is 5.11 Å². The van der Waals surface area contributed by atoms with Gasteiger partial charge in [0.15, 0.2) is 0 Å². The molecule has 0 aromatic heterocycles. The van der Waals surface area contributed by atoms with Crippen LogP contribution in [-0.2, 0) is 22.4 Å². The van der Waals surface area contributed by atoms with Gasteiger partial charge in [-0.05, 0) is 61.6 Å². The molecular weight excluding hydrogens is 335 g/mol. The van der Waals surface area contributed by atoms with Crippen LogP contribution >= 0.6 is 0 Å². The summed E-state index contributed by atoms with van der Waals surface area (Å²) in [5.74, 6) is 0.0985. The molecule has 1 aliphatic heterocycles. The van der Waals surface area contributed by atoms with E-state index in [0.29, 0.717) is 44.9 Å². The number of carbonyl (C=O) groups excluding carboxylic acids is 2. The highest BCUT2D eigenvalue weighted by molar-refractivity contribution is 5.99. The smallest absolute Gasteiger partial charge is 0.228 e. The minimum absolute atomic E-state index is 0.0182. The van der Waals surface area contributed by atoms with E-state index in [1.54, 1.807) is 0 Å². The summed E-state index contributed by atoms with van der Waals surface area (Å²) in [6.45, 7) is 0.186. The molecule has 1 aromatic rings. The van der Waals surface area contributed by atoms with Crippen molar-refractivity contribution in [1.29, 1.82) is 0 Å². The fraction of sp³-hybridized carbons (Fsp3) is 0.600. The largest absolute Gasteiger partial charge is 0.396 e. The van der Waals surface area contributed by atoms with Gasteiger partial charge in [0.25, 0.3) is 0 Å². The zero-order valence-electron chi connectivity index (χ0n) is 15.0. The third-order valence-corrected chi connectivity index (χ3v) is 5.53. The molecule has 1 fully saturated rings. The number of anilines is 1. The number of hydrogen-bond donors (Lipinski definition) is 3. The van der Waals surface area contributed by atoms with E-state index < -0.39 is 5.67 Å². The Balaban J connectivity index is 1.37. The molecule has 1 aromatic carbocycles. The summed E-state index contributed by atoms with van der Waals surface area (Å²) in [6.07, 6.45) is 4.40. The molecule has 5 nitrogen and oxygen atoms in total. The number of nitrogens with one attached hydrogen (secondary N) is 2. The van der Waals surface area contributed by atoms with Gasteiger partial charge in [-0.3, -0.25) is 9.59 Å². The van der Waals surface area contributed by atoms with Gasteiger partial charge in [-0.15, -0.1) is 0 Å². The van der Waals surface area contributed by atoms with Crippen LogP contribution in [0.3, 0.4) is 0 Å². The van der Waals surface area contributed by atoms with Gasteiger partial charge in [0.2, 0.25) is 11.8 Å². The SMILES string of the molecule is O=C(CCCc1ccc2c(c1)CC(=O)N2)NCC1(F)CCC(CO)CC1. The Kier molecular flexibility index (Phi) is 5.91. The normalized spacial score (nSPS) is 24.8. The minimum atomic E-state index is -1.33. The first kappa shape index (κ1) is 18.8. The zero-order chi connectivity index (χ0) is 18.6. The summed E-state index contributed by atoms with van der Waals surface area (Å²) in [4.78, 5) is 23.4. The van der Waals surface area contributed by atoms with Crippen molar-refractivity contribution in [2.45, 2.75) is 57.0 Å². The standard InChI is InChI=1S/C20H27FN2O3/c21-20(8-6-15(12-24)7-9-20)13-22-18(25)3-1-2-14-4-5-17-16(10-14)11-19(26)23-17/h4-5,10,15,24H,1-3,6-9,11-13H2,(H,22,25)(H,23,26). The van der Waals surface area contributed by atoms with E-state index in [2.05, 4.69) is 10.6 Å². The number of alkyl halides is 1. The number of aliphatic hydroxyl groups excluding tert-OH is 1.